The van der Waals surface area contributed by atoms with Crippen LogP contribution in [0.25, 0.3) is 0 Å². The quantitative estimate of drug-likeness (QED) is 0.719. The van der Waals surface area contributed by atoms with Gasteiger partial charge in [0.15, 0.2) is 0 Å². The summed E-state index contributed by atoms with van der Waals surface area (Å²) in [7, 11) is 0. The van der Waals surface area contributed by atoms with E-state index in [2.05, 4.69) is 5.92 Å². The summed E-state index contributed by atoms with van der Waals surface area (Å²) in [6, 6.07) is 3.01. The third-order valence-electron chi connectivity index (χ3n) is 1.96. The van der Waals surface area contributed by atoms with Crippen molar-refractivity contribution in [2.24, 2.45) is 0 Å². The molecule has 1 N–H and O–H groups in total. The van der Waals surface area contributed by atoms with E-state index in [4.69, 9.17) is 6.42 Å². The van der Waals surface area contributed by atoms with E-state index in [-0.39, 0.29) is 12.0 Å². The van der Waals surface area contributed by atoms with E-state index in [0.717, 1.165) is 12.1 Å². The topological polar surface area (TPSA) is 20.2 Å². The molecule has 0 aliphatic carbocycles. The highest BCUT2D eigenvalue weighted by molar-refractivity contribution is 5.25. The lowest BCUT2D eigenvalue weighted by Gasteiger charge is -2.21. The van der Waals surface area contributed by atoms with E-state index in [0.29, 0.717) is 0 Å². The molecule has 1 nitrogen and oxygen atoms in total. The molecular formula is C11H10F2O. The van der Waals surface area contributed by atoms with Crippen LogP contribution in [-0.2, 0) is 5.60 Å². The van der Waals surface area contributed by atoms with Gasteiger partial charge in [0.25, 0.3) is 0 Å². The van der Waals surface area contributed by atoms with Crippen molar-refractivity contribution in [3.63, 3.8) is 0 Å². The fraction of sp³-hybridized carbons (Fsp3) is 0.273. The third-order valence-corrected chi connectivity index (χ3v) is 1.96. The third kappa shape index (κ3) is 2.09. The Balaban J connectivity index is 3.14. The molecule has 0 bridgehead atoms. The average molecular weight is 196 g/mol. The normalized spacial score (nSPS) is 14.5. The molecule has 1 aromatic carbocycles. The lowest BCUT2D eigenvalue weighted by molar-refractivity contribution is 0.0589. The maximum atomic E-state index is 13.2. The summed E-state index contributed by atoms with van der Waals surface area (Å²) < 4.78 is 25.8. The number of terminal acetylenes is 1. The Labute approximate surface area is 81.4 Å². The van der Waals surface area contributed by atoms with Gasteiger partial charge in [0, 0.05) is 18.1 Å². The Morgan fingerprint density at radius 1 is 1.50 bits per heavy atom. The fourth-order valence-electron chi connectivity index (χ4n) is 1.22. The van der Waals surface area contributed by atoms with Gasteiger partial charge in [-0.1, -0.05) is 6.07 Å². The Hall–Kier alpha value is -1.40. The lowest BCUT2D eigenvalue weighted by Crippen LogP contribution is -2.22. The number of hydrogen-bond donors (Lipinski definition) is 1. The summed E-state index contributed by atoms with van der Waals surface area (Å²) in [4.78, 5) is 0. The zero-order chi connectivity index (χ0) is 10.8. The van der Waals surface area contributed by atoms with Crippen molar-refractivity contribution >= 4 is 0 Å². The lowest BCUT2D eigenvalue weighted by atomic mass is 9.92. The molecule has 74 valence electrons. The molecule has 0 aromatic heterocycles. The van der Waals surface area contributed by atoms with Crippen molar-refractivity contribution in [2.75, 3.05) is 0 Å². The minimum absolute atomic E-state index is 0.0110. The van der Waals surface area contributed by atoms with Crippen LogP contribution in [0.2, 0.25) is 0 Å². The van der Waals surface area contributed by atoms with Gasteiger partial charge in [-0.05, 0) is 13.0 Å². The first-order chi connectivity index (χ1) is 6.47. The van der Waals surface area contributed by atoms with Gasteiger partial charge in [-0.2, -0.15) is 0 Å². The predicted octanol–water partition coefficient (Wildman–Crippen LogP) is 2.20. The van der Waals surface area contributed by atoms with E-state index in [9.17, 15) is 13.9 Å². The summed E-state index contributed by atoms with van der Waals surface area (Å²) >= 11 is 0. The van der Waals surface area contributed by atoms with Crippen molar-refractivity contribution in [3.8, 4) is 12.3 Å². The van der Waals surface area contributed by atoms with Crippen LogP contribution in [0, 0.1) is 24.0 Å². The summed E-state index contributed by atoms with van der Waals surface area (Å²) in [5, 5.41) is 9.75. The Bertz CT molecular complexity index is 377. The molecule has 0 saturated carbocycles. The Morgan fingerprint density at radius 3 is 2.64 bits per heavy atom. The van der Waals surface area contributed by atoms with E-state index >= 15 is 0 Å². The number of hydrogen-bond acceptors (Lipinski definition) is 1. The molecule has 0 aliphatic heterocycles. The molecule has 0 radical (unpaired) electrons. The molecule has 0 unspecified atom stereocenters. The second-order valence-electron chi connectivity index (χ2n) is 3.28. The largest absolute Gasteiger partial charge is 0.384 e. The molecule has 1 rings (SSSR count). The molecule has 0 spiro atoms. The van der Waals surface area contributed by atoms with Gasteiger partial charge >= 0.3 is 0 Å². The van der Waals surface area contributed by atoms with Crippen molar-refractivity contribution in [1.82, 2.24) is 0 Å². The van der Waals surface area contributed by atoms with Crippen molar-refractivity contribution in [3.05, 3.63) is 35.4 Å². The zero-order valence-corrected chi connectivity index (χ0v) is 7.72. The molecular weight excluding hydrogens is 186 g/mol. The van der Waals surface area contributed by atoms with Crippen LogP contribution in [0.4, 0.5) is 8.78 Å². The average Bonchev–Trinajstić information content (AvgIpc) is 2.02. The van der Waals surface area contributed by atoms with E-state index in [1.807, 2.05) is 0 Å². The first-order valence-electron chi connectivity index (χ1n) is 4.09. The highest BCUT2D eigenvalue weighted by Crippen LogP contribution is 2.26. The molecule has 1 atom stereocenters. The second-order valence-corrected chi connectivity index (χ2v) is 3.28. The minimum Gasteiger partial charge on any atom is -0.384 e. The summed E-state index contributed by atoms with van der Waals surface area (Å²) in [6.45, 7) is 1.39. The van der Waals surface area contributed by atoms with Gasteiger partial charge in [0.2, 0.25) is 0 Å². The van der Waals surface area contributed by atoms with Gasteiger partial charge in [-0.25, -0.2) is 8.78 Å². The number of halogens is 2. The molecule has 0 aliphatic rings. The van der Waals surface area contributed by atoms with Gasteiger partial charge in [-0.15, -0.1) is 12.3 Å². The van der Waals surface area contributed by atoms with Crippen LogP contribution in [0.1, 0.15) is 18.9 Å². The van der Waals surface area contributed by atoms with Crippen LogP contribution < -0.4 is 0 Å². The van der Waals surface area contributed by atoms with Crippen LogP contribution in [0.15, 0.2) is 18.2 Å². The van der Waals surface area contributed by atoms with Gasteiger partial charge in [0.1, 0.15) is 17.2 Å². The zero-order valence-electron chi connectivity index (χ0n) is 7.72. The van der Waals surface area contributed by atoms with Gasteiger partial charge < -0.3 is 5.11 Å². The smallest absolute Gasteiger partial charge is 0.132 e. The minimum atomic E-state index is -1.45. The highest BCUT2D eigenvalue weighted by Gasteiger charge is 2.25. The van der Waals surface area contributed by atoms with Gasteiger partial charge in [0.05, 0.1) is 0 Å². The number of benzene rings is 1. The monoisotopic (exact) mass is 196 g/mol. The maximum absolute atomic E-state index is 13.2. The van der Waals surface area contributed by atoms with Crippen molar-refractivity contribution in [1.29, 1.82) is 0 Å². The molecule has 0 amide bonds. The summed E-state index contributed by atoms with van der Waals surface area (Å²) in [5.74, 6) is 0.773. The van der Waals surface area contributed by atoms with Crippen molar-refractivity contribution < 1.29 is 13.9 Å². The van der Waals surface area contributed by atoms with E-state index < -0.39 is 17.2 Å². The van der Waals surface area contributed by atoms with Crippen LogP contribution in [0.5, 0.6) is 0 Å². The standard InChI is InChI=1S/C11H10F2O/c1-3-6-11(2,14)9-5-4-8(12)7-10(9)13/h1,4-5,7,14H,6H2,2H3/t11-/m1/s1. The van der Waals surface area contributed by atoms with Crippen LogP contribution in [-0.4, -0.2) is 5.11 Å². The molecule has 1 aromatic rings. The molecule has 0 fully saturated rings. The highest BCUT2D eigenvalue weighted by atomic mass is 19.1. The fourth-order valence-corrected chi connectivity index (χ4v) is 1.22. The SMILES string of the molecule is C#CC[C@@](C)(O)c1ccc(F)cc1F. The van der Waals surface area contributed by atoms with Crippen LogP contribution in [0.3, 0.4) is 0 Å². The number of rotatable bonds is 2. The predicted molar refractivity (Wildman–Crippen MR) is 49.4 cm³/mol. The first-order valence-corrected chi connectivity index (χ1v) is 4.09. The Kier molecular flexibility index (Phi) is 2.87. The van der Waals surface area contributed by atoms with Crippen LogP contribution >= 0.6 is 0 Å². The molecule has 0 saturated heterocycles. The molecule has 0 heterocycles. The van der Waals surface area contributed by atoms with Crippen molar-refractivity contribution in [2.45, 2.75) is 18.9 Å². The van der Waals surface area contributed by atoms with E-state index in [1.165, 1.54) is 13.0 Å². The summed E-state index contributed by atoms with van der Waals surface area (Å²) in [6.07, 6.45) is 5.01. The summed E-state index contributed by atoms with van der Waals surface area (Å²) in [5.41, 5.74) is -1.44. The van der Waals surface area contributed by atoms with E-state index in [1.54, 1.807) is 0 Å². The maximum Gasteiger partial charge on any atom is 0.132 e. The number of aliphatic hydroxyl groups is 1. The molecule has 3 heteroatoms. The Morgan fingerprint density at radius 2 is 2.14 bits per heavy atom. The second kappa shape index (κ2) is 3.77. The van der Waals surface area contributed by atoms with Gasteiger partial charge in [-0.3, -0.25) is 0 Å². The first kappa shape index (κ1) is 10.7. The molecule has 14 heavy (non-hydrogen) atoms.